The first-order valence-corrected chi connectivity index (χ1v) is 10.3. The summed E-state index contributed by atoms with van der Waals surface area (Å²) in [6.45, 7) is 2.28. The molecule has 0 bridgehead atoms. The van der Waals surface area contributed by atoms with Gasteiger partial charge < -0.3 is 15.1 Å². The van der Waals surface area contributed by atoms with E-state index in [4.69, 9.17) is 0 Å². The molecule has 0 saturated heterocycles. The van der Waals surface area contributed by atoms with E-state index < -0.39 is 29.0 Å². The van der Waals surface area contributed by atoms with Gasteiger partial charge in [-0.3, -0.25) is 4.79 Å². The number of carbonyl (C=O) groups excluding carboxylic acids is 1. The molecule has 0 fully saturated rings. The van der Waals surface area contributed by atoms with Crippen LogP contribution < -0.4 is 10.0 Å². The van der Waals surface area contributed by atoms with Gasteiger partial charge in [-0.15, -0.1) is 0 Å². The topological polar surface area (TPSA) is 78.4 Å². The minimum absolute atomic E-state index is 0.0487. The van der Waals surface area contributed by atoms with Crippen LogP contribution in [0.4, 0.5) is 15.8 Å². The zero-order chi connectivity index (χ0) is 21.0. The second-order valence-corrected chi connectivity index (χ2v) is 8.57. The summed E-state index contributed by atoms with van der Waals surface area (Å²) in [6, 6.07) is 17.8. The Kier molecular flexibility index (Phi) is 6.30. The normalized spacial score (nSPS) is 12.6. The molecule has 0 aromatic heterocycles. The van der Waals surface area contributed by atoms with Crippen molar-refractivity contribution in [3.05, 3.63) is 66.2 Å². The Bertz CT molecular complexity index is 1050. The summed E-state index contributed by atoms with van der Waals surface area (Å²) in [4.78, 5) is 12.7. The number of amides is 1. The van der Waals surface area contributed by atoms with Crippen molar-refractivity contribution >= 4 is 39.0 Å². The third-order valence-corrected chi connectivity index (χ3v) is 5.77. The van der Waals surface area contributed by atoms with E-state index in [1.54, 1.807) is 36.4 Å². The van der Waals surface area contributed by atoms with Crippen LogP contribution in [0.3, 0.4) is 0 Å². The number of nitrogens with one attached hydrogen (secondary N) is 2. The van der Waals surface area contributed by atoms with Crippen LogP contribution in [0.1, 0.15) is 19.4 Å². The van der Waals surface area contributed by atoms with Gasteiger partial charge in [-0.05, 0) is 66.6 Å². The molecule has 0 heterocycles. The van der Waals surface area contributed by atoms with Gasteiger partial charge in [-0.25, -0.2) is 8.60 Å². The maximum atomic E-state index is 12.9. The molecule has 3 aromatic rings. The number of aliphatic hydroxyl groups is 1. The summed E-state index contributed by atoms with van der Waals surface area (Å²) in [5.41, 5.74) is 0.856. The maximum Gasteiger partial charge on any atom is 0.232 e. The first kappa shape index (κ1) is 21.0. The van der Waals surface area contributed by atoms with Crippen molar-refractivity contribution in [1.82, 2.24) is 0 Å². The standard InChI is InChI=1S/C22H23FN2O3S/c1-22(2,14-23)21(27)24-17-7-9-18(10-8-17)25-29(28)20-5-3-4-16-12-15(13-26)6-11-19(16)20/h3-12,25-26H,13-14H2,1-2H3,(H,24,27). The Hall–Kier alpha value is -2.77. The van der Waals surface area contributed by atoms with Crippen LogP contribution in [0, 0.1) is 5.41 Å². The second kappa shape index (κ2) is 8.71. The highest BCUT2D eigenvalue weighted by atomic mass is 32.2. The van der Waals surface area contributed by atoms with Gasteiger partial charge in [0.05, 0.1) is 16.9 Å². The minimum atomic E-state index is -1.50. The number of rotatable bonds is 7. The molecule has 152 valence electrons. The van der Waals surface area contributed by atoms with Crippen molar-refractivity contribution < 1.29 is 18.5 Å². The molecule has 0 aliphatic rings. The van der Waals surface area contributed by atoms with Crippen molar-refractivity contribution in [2.45, 2.75) is 25.3 Å². The molecule has 29 heavy (non-hydrogen) atoms. The van der Waals surface area contributed by atoms with Crippen molar-refractivity contribution in [2.24, 2.45) is 5.41 Å². The van der Waals surface area contributed by atoms with E-state index >= 15 is 0 Å². The van der Waals surface area contributed by atoms with Gasteiger partial charge in [0, 0.05) is 11.4 Å². The lowest BCUT2D eigenvalue weighted by molar-refractivity contribution is -0.124. The highest BCUT2D eigenvalue weighted by Crippen LogP contribution is 2.25. The lowest BCUT2D eigenvalue weighted by Crippen LogP contribution is -2.32. The minimum Gasteiger partial charge on any atom is -0.392 e. The Balaban J connectivity index is 1.75. The molecule has 7 heteroatoms. The van der Waals surface area contributed by atoms with E-state index in [1.165, 1.54) is 13.8 Å². The largest absolute Gasteiger partial charge is 0.392 e. The smallest absolute Gasteiger partial charge is 0.232 e. The summed E-state index contributed by atoms with van der Waals surface area (Å²) in [5, 5.41) is 13.7. The second-order valence-electron chi connectivity index (χ2n) is 7.39. The summed E-state index contributed by atoms with van der Waals surface area (Å²) in [6.07, 6.45) is 0. The summed E-state index contributed by atoms with van der Waals surface area (Å²) >= 11 is 0. The number of hydrogen-bond acceptors (Lipinski definition) is 3. The van der Waals surface area contributed by atoms with E-state index in [9.17, 15) is 18.5 Å². The molecule has 0 radical (unpaired) electrons. The van der Waals surface area contributed by atoms with Gasteiger partial charge in [0.15, 0.2) is 11.0 Å². The number of anilines is 2. The lowest BCUT2D eigenvalue weighted by atomic mass is 9.94. The fourth-order valence-electron chi connectivity index (χ4n) is 2.71. The van der Waals surface area contributed by atoms with Crippen LogP contribution in [0.15, 0.2) is 65.6 Å². The number of alkyl halides is 1. The lowest BCUT2D eigenvalue weighted by Gasteiger charge is -2.19. The van der Waals surface area contributed by atoms with Crippen molar-refractivity contribution in [1.29, 1.82) is 0 Å². The number of hydrogen-bond donors (Lipinski definition) is 3. The first-order chi connectivity index (χ1) is 13.8. The van der Waals surface area contributed by atoms with Crippen LogP contribution in [0.5, 0.6) is 0 Å². The molecule has 1 atom stereocenters. The summed E-state index contributed by atoms with van der Waals surface area (Å²) < 4.78 is 28.7. The predicted octanol–water partition coefficient (Wildman–Crippen LogP) is 4.40. The molecule has 0 spiro atoms. The summed E-state index contributed by atoms with van der Waals surface area (Å²) in [5.74, 6) is -0.401. The Morgan fingerprint density at radius 1 is 1.07 bits per heavy atom. The molecule has 5 nitrogen and oxygen atoms in total. The van der Waals surface area contributed by atoms with E-state index in [0.29, 0.717) is 16.3 Å². The first-order valence-electron chi connectivity index (χ1n) is 9.12. The molecule has 3 rings (SSSR count). The SMILES string of the molecule is CC(C)(CF)C(=O)Nc1ccc(NS(=O)c2cccc3cc(CO)ccc23)cc1. The number of carbonyl (C=O) groups is 1. The van der Waals surface area contributed by atoms with Crippen molar-refractivity contribution in [2.75, 3.05) is 16.7 Å². The molecule has 0 aliphatic heterocycles. The molecule has 1 amide bonds. The Morgan fingerprint density at radius 3 is 2.41 bits per heavy atom. The average molecular weight is 415 g/mol. The van der Waals surface area contributed by atoms with Crippen molar-refractivity contribution in [3.8, 4) is 0 Å². The Morgan fingerprint density at radius 2 is 1.76 bits per heavy atom. The van der Waals surface area contributed by atoms with E-state index in [1.807, 2.05) is 24.3 Å². The molecule has 3 N–H and O–H groups in total. The van der Waals surface area contributed by atoms with E-state index in [-0.39, 0.29) is 6.61 Å². The van der Waals surface area contributed by atoms with Crippen molar-refractivity contribution in [3.63, 3.8) is 0 Å². The van der Waals surface area contributed by atoms with E-state index in [2.05, 4.69) is 10.0 Å². The highest BCUT2D eigenvalue weighted by molar-refractivity contribution is 7.86. The van der Waals surface area contributed by atoms with Gasteiger partial charge in [-0.1, -0.05) is 24.3 Å². The van der Waals surface area contributed by atoms with Gasteiger partial charge in [0.1, 0.15) is 6.67 Å². The molecule has 0 saturated carbocycles. The fourth-order valence-corrected chi connectivity index (χ4v) is 3.76. The quantitative estimate of drug-likeness (QED) is 0.536. The molecule has 3 aromatic carbocycles. The average Bonchev–Trinajstić information content (AvgIpc) is 2.74. The van der Waals surface area contributed by atoms with Gasteiger partial charge in [0.25, 0.3) is 0 Å². The van der Waals surface area contributed by atoms with Crippen LogP contribution in [0.25, 0.3) is 10.8 Å². The van der Waals surface area contributed by atoms with Crippen LogP contribution >= 0.6 is 0 Å². The number of benzene rings is 3. The van der Waals surface area contributed by atoms with Gasteiger partial charge in [0.2, 0.25) is 5.91 Å². The van der Waals surface area contributed by atoms with Gasteiger partial charge in [-0.2, -0.15) is 0 Å². The van der Waals surface area contributed by atoms with Crippen LogP contribution in [-0.2, 0) is 22.4 Å². The van der Waals surface area contributed by atoms with Gasteiger partial charge >= 0.3 is 0 Å². The molecule has 1 unspecified atom stereocenters. The third-order valence-electron chi connectivity index (χ3n) is 4.59. The number of halogens is 1. The zero-order valence-electron chi connectivity index (χ0n) is 16.2. The van der Waals surface area contributed by atoms with Crippen LogP contribution in [-0.4, -0.2) is 21.9 Å². The number of fused-ring (bicyclic) bond motifs is 1. The fraction of sp³-hybridized carbons (Fsp3) is 0.227. The summed E-state index contributed by atoms with van der Waals surface area (Å²) in [7, 11) is -1.50. The molecular formula is C22H23FN2O3S. The monoisotopic (exact) mass is 414 g/mol. The number of aliphatic hydroxyl groups excluding tert-OH is 1. The Labute approximate surface area is 171 Å². The third kappa shape index (κ3) is 4.81. The van der Waals surface area contributed by atoms with E-state index in [0.717, 1.165) is 16.3 Å². The predicted molar refractivity (Wildman–Crippen MR) is 115 cm³/mol. The molecule has 0 aliphatic carbocycles. The maximum absolute atomic E-state index is 12.9. The molecular weight excluding hydrogens is 391 g/mol. The zero-order valence-corrected chi connectivity index (χ0v) is 17.1. The van der Waals surface area contributed by atoms with Crippen LogP contribution in [0.2, 0.25) is 0 Å². The highest BCUT2D eigenvalue weighted by Gasteiger charge is 2.27.